The monoisotopic (exact) mass is 220 g/mol. The molecule has 0 amide bonds. The Labute approximate surface area is 103 Å². The molecule has 0 saturated heterocycles. The van der Waals surface area contributed by atoms with E-state index in [0.29, 0.717) is 0 Å². The first-order chi connectivity index (χ1) is 8.34. The van der Waals surface area contributed by atoms with Crippen molar-refractivity contribution < 1.29 is 0 Å². The predicted octanol–water partition coefficient (Wildman–Crippen LogP) is 3.98. The van der Waals surface area contributed by atoms with Gasteiger partial charge in [0.15, 0.2) is 0 Å². The van der Waals surface area contributed by atoms with Crippen LogP contribution in [0.15, 0.2) is 54.6 Å². The average molecular weight is 220 g/mol. The lowest BCUT2D eigenvalue weighted by Gasteiger charge is -1.95. The molecule has 2 rings (SSSR count). The maximum atomic E-state index is 3.22. The van der Waals surface area contributed by atoms with Gasteiger partial charge in [0.1, 0.15) is 0 Å². The minimum absolute atomic E-state index is 0.915. The molecule has 0 heterocycles. The molecule has 0 atom stereocenters. The van der Waals surface area contributed by atoms with Gasteiger partial charge in [-0.2, -0.15) is 0 Å². The highest BCUT2D eigenvalue weighted by molar-refractivity contribution is 5.35. The Morgan fingerprint density at radius 3 is 2.29 bits per heavy atom. The van der Waals surface area contributed by atoms with Gasteiger partial charge in [0, 0.05) is 12.0 Å². The summed E-state index contributed by atoms with van der Waals surface area (Å²) in [5.74, 6) is 6.41. The molecule has 0 N–H and O–H groups in total. The Kier molecular flexibility index (Phi) is 4.00. The number of hydrogen-bond acceptors (Lipinski definition) is 0. The van der Waals surface area contributed by atoms with Crippen molar-refractivity contribution in [1.29, 1.82) is 0 Å². The maximum Gasteiger partial charge on any atom is 0.0245 e. The van der Waals surface area contributed by atoms with Crippen molar-refractivity contribution >= 4 is 0 Å². The van der Waals surface area contributed by atoms with E-state index in [-0.39, 0.29) is 0 Å². The molecule has 17 heavy (non-hydrogen) atoms. The van der Waals surface area contributed by atoms with Gasteiger partial charge in [-0.1, -0.05) is 59.9 Å². The smallest absolute Gasteiger partial charge is 0.0245 e. The van der Waals surface area contributed by atoms with E-state index in [4.69, 9.17) is 0 Å². The molecule has 0 radical (unpaired) electrons. The highest BCUT2D eigenvalue weighted by Crippen LogP contribution is 2.03. The van der Waals surface area contributed by atoms with Gasteiger partial charge in [0.05, 0.1) is 0 Å². The van der Waals surface area contributed by atoms with E-state index in [2.05, 4.69) is 67.3 Å². The summed E-state index contributed by atoms with van der Waals surface area (Å²) >= 11 is 0. The summed E-state index contributed by atoms with van der Waals surface area (Å²) in [5.41, 5.74) is 3.73. The second-order valence-corrected chi connectivity index (χ2v) is 4.15. The fourth-order valence-electron chi connectivity index (χ4n) is 1.65. The zero-order valence-electron chi connectivity index (χ0n) is 10.1. The fourth-order valence-corrected chi connectivity index (χ4v) is 1.65. The summed E-state index contributed by atoms with van der Waals surface area (Å²) < 4.78 is 0. The molecule has 0 spiro atoms. The van der Waals surface area contributed by atoms with Gasteiger partial charge in [-0.05, 0) is 31.0 Å². The number of benzene rings is 2. The SMILES string of the molecule is Cc1ccc(C#CCCc2ccccc2)cc1. The Morgan fingerprint density at radius 2 is 1.59 bits per heavy atom. The Morgan fingerprint density at radius 1 is 0.882 bits per heavy atom. The lowest BCUT2D eigenvalue weighted by Crippen LogP contribution is -1.82. The van der Waals surface area contributed by atoms with E-state index in [1.165, 1.54) is 11.1 Å². The molecule has 0 fully saturated rings. The molecular formula is C17H16. The van der Waals surface area contributed by atoms with Crippen LogP contribution in [-0.4, -0.2) is 0 Å². The van der Waals surface area contributed by atoms with Crippen molar-refractivity contribution in [2.75, 3.05) is 0 Å². The standard InChI is InChI=1S/C17H16/c1-15-11-13-17(14-12-15)10-6-5-9-16-7-3-2-4-8-16/h2-4,7-8,11-14H,5,9H2,1H3. The summed E-state index contributed by atoms with van der Waals surface area (Å²) in [6.07, 6.45) is 1.94. The molecule has 2 aromatic rings. The van der Waals surface area contributed by atoms with Crippen molar-refractivity contribution in [3.05, 3.63) is 71.3 Å². The van der Waals surface area contributed by atoms with E-state index in [1.54, 1.807) is 0 Å². The molecule has 0 nitrogen and oxygen atoms in total. The molecule has 0 aliphatic rings. The van der Waals surface area contributed by atoms with Gasteiger partial charge in [-0.25, -0.2) is 0 Å². The van der Waals surface area contributed by atoms with Gasteiger partial charge in [-0.3, -0.25) is 0 Å². The van der Waals surface area contributed by atoms with E-state index >= 15 is 0 Å². The third-order valence-corrected chi connectivity index (χ3v) is 2.67. The third kappa shape index (κ3) is 3.81. The molecule has 0 aliphatic carbocycles. The molecule has 0 saturated carbocycles. The second-order valence-electron chi connectivity index (χ2n) is 4.15. The first-order valence-corrected chi connectivity index (χ1v) is 5.94. The molecular weight excluding hydrogens is 204 g/mol. The molecule has 84 valence electrons. The van der Waals surface area contributed by atoms with Crippen LogP contribution in [0.3, 0.4) is 0 Å². The van der Waals surface area contributed by atoms with Crippen LogP contribution in [0.5, 0.6) is 0 Å². The van der Waals surface area contributed by atoms with E-state index in [0.717, 1.165) is 18.4 Å². The topological polar surface area (TPSA) is 0 Å². The Hall–Kier alpha value is -2.00. The van der Waals surface area contributed by atoms with Crippen LogP contribution >= 0.6 is 0 Å². The van der Waals surface area contributed by atoms with Gasteiger partial charge < -0.3 is 0 Å². The lowest BCUT2D eigenvalue weighted by molar-refractivity contribution is 1.03. The average Bonchev–Trinajstić information content (AvgIpc) is 2.38. The second kappa shape index (κ2) is 5.92. The lowest BCUT2D eigenvalue weighted by atomic mass is 10.1. The van der Waals surface area contributed by atoms with Gasteiger partial charge in [-0.15, -0.1) is 0 Å². The fraction of sp³-hybridized carbons (Fsp3) is 0.176. The summed E-state index contributed by atoms with van der Waals surface area (Å²) in [7, 11) is 0. The number of hydrogen-bond donors (Lipinski definition) is 0. The van der Waals surface area contributed by atoms with Crippen molar-refractivity contribution in [1.82, 2.24) is 0 Å². The van der Waals surface area contributed by atoms with Gasteiger partial charge in [0.25, 0.3) is 0 Å². The third-order valence-electron chi connectivity index (χ3n) is 2.67. The normalized spacial score (nSPS) is 9.47. The molecule has 2 aromatic carbocycles. The summed E-state index contributed by atoms with van der Waals surface area (Å²) in [4.78, 5) is 0. The van der Waals surface area contributed by atoms with Gasteiger partial charge in [0.2, 0.25) is 0 Å². The first kappa shape index (κ1) is 11.5. The maximum absolute atomic E-state index is 3.22. The molecule has 0 bridgehead atoms. The van der Waals surface area contributed by atoms with E-state index in [1.807, 2.05) is 6.07 Å². The zero-order valence-corrected chi connectivity index (χ0v) is 10.1. The van der Waals surface area contributed by atoms with Crippen LogP contribution < -0.4 is 0 Å². The van der Waals surface area contributed by atoms with Crippen molar-refractivity contribution in [3.63, 3.8) is 0 Å². The zero-order chi connectivity index (χ0) is 11.9. The summed E-state index contributed by atoms with van der Waals surface area (Å²) in [6.45, 7) is 2.09. The van der Waals surface area contributed by atoms with Crippen LogP contribution in [0.25, 0.3) is 0 Å². The van der Waals surface area contributed by atoms with Gasteiger partial charge >= 0.3 is 0 Å². The first-order valence-electron chi connectivity index (χ1n) is 5.94. The van der Waals surface area contributed by atoms with Crippen LogP contribution in [0.2, 0.25) is 0 Å². The Bertz CT molecular complexity index is 509. The molecule has 0 aromatic heterocycles. The largest absolute Gasteiger partial charge is 0.0975 e. The molecule has 0 unspecified atom stereocenters. The highest BCUT2D eigenvalue weighted by Gasteiger charge is 1.88. The van der Waals surface area contributed by atoms with Crippen molar-refractivity contribution in [2.24, 2.45) is 0 Å². The summed E-state index contributed by atoms with van der Waals surface area (Å²) in [5, 5.41) is 0. The molecule has 0 heteroatoms. The molecule has 0 aliphatic heterocycles. The van der Waals surface area contributed by atoms with Crippen molar-refractivity contribution in [2.45, 2.75) is 19.8 Å². The van der Waals surface area contributed by atoms with Crippen LogP contribution in [0.4, 0.5) is 0 Å². The predicted molar refractivity (Wildman–Crippen MR) is 72.8 cm³/mol. The van der Waals surface area contributed by atoms with Crippen LogP contribution in [0.1, 0.15) is 23.1 Å². The highest BCUT2D eigenvalue weighted by atomic mass is 13.9. The summed E-state index contributed by atoms with van der Waals surface area (Å²) in [6, 6.07) is 18.8. The van der Waals surface area contributed by atoms with Crippen molar-refractivity contribution in [3.8, 4) is 11.8 Å². The number of rotatable bonds is 2. The van der Waals surface area contributed by atoms with E-state index < -0.39 is 0 Å². The minimum Gasteiger partial charge on any atom is -0.0975 e. The van der Waals surface area contributed by atoms with Crippen LogP contribution in [0, 0.1) is 18.8 Å². The quantitative estimate of drug-likeness (QED) is 0.671. The van der Waals surface area contributed by atoms with Crippen LogP contribution in [-0.2, 0) is 6.42 Å². The van der Waals surface area contributed by atoms with E-state index in [9.17, 15) is 0 Å². The number of aryl methyl sites for hydroxylation is 2. The minimum atomic E-state index is 0.915. The Balaban J connectivity index is 1.89.